The maximum Gasteiger partial charge on any atom is 0.224 e. The molecule has 2 heterocycles. The van der Waals surface area contributed by atoms with Gasteiger partial charge in [-0.25, -0.2) is 14.4 Å². The molecule has 0 N–H and O–H groups in total. The van der Waals surface area contributed by atoms with Crippen molar-refractivity contribution in [3.8, 4) is 0 Å². The highest BCUT2D eigenvalue weighted by molar-refractivity contribution is 6.28. The van der Waals surface area contributed by atoms with Crippen LogP contribution in [-0.4, -0.2) is 23.1 Å². The minimum Gasteiger partial charge on any atom is -0.356 e. The van der Waals surface area contributed by atoms with Crippen molar-refractivity contribution in [2.45, 2.75) is 25.2 Å². The van der Waals surface area contributed by atoms with Crippen LogP contribution in [0.5, 0.6) is 0 Å². The van der Waals surface area contributed by atoms with E-state index < -0.39 is 0 Å². The molecule has 2 aromatic rings. The van der Waals surface area contributed by atoms with E-state index in [1.165, 1.54) is 17.7 Å². The summed E-state index contributed by atoms with van der Waals surface area (Å²) in [6, 6.07) is 6.70. The third-order valence-electron chi connectivity index (χ3n) is 4.53. The van der Waals surface area contributed by atoms with Crippen molar-refractivity contribution in [2.24, 2.45) is 0 Å². The molecule has 1 radical (unpaired) electrons. The summed E-state index contributed by atoms with van der Waals surface area (Å²) in [4.78, 5) is 11.2. The standard InChI is InChI=1S/C17H16ClFN3/c18-17-20-15-13(11-3-5-12(19)6-4-11)7-8-14(15)16(21-17)22-9-1-2-10-22/h1,3-6,13H,2,7-10H2. The molecule has 3 nitrogen and oxygen atoms in total. The Balaban J connectivity index is 1.76. The molecule has 0 bridgehead atoms. The number of hydrogen-bond donors (Lipinski definition) is 0. The zero-order chi connectivity index (χ0) is 15.1. The molecule has 2 aliphatic rings. The van der Waals surface area contributed by atoms with Crippen LogP contribution in [0, 0.1) is 12.2 Å². The number of hydrogen-bond acceptors (Lipinski definition) is 3. The van der Waals surface area contributed by atoms with Crippen LogP contribution in [0.1, 0.15) is 35.6 Å². The first kappa shape index (κ1) is 13.9. The number of nitrogens with zero attached hydrogens (tertiary/aromatic N) is 3. The third kappa shape index (κ3) is 2.35. The number of fused-ring (bicyclic) bond motifs is 1. The van der Waals surface area contributed by atoms with Gasteiger partial charge >= 0.3 is 0 Å². The maximum atomic E-state index is 13.1. The first-order valence-corrected chi connectivity index (χ1v) is 7.98. The summed E-state index contributed by atoms with van der Waals surface area (Å²) in [7, 11) is 0. The van der Waals surface area contributed by atoms with Crippen molar-refractivity contribution in [3.63, 3.8) is 0 Å². The summed E-state index contributed by atoms with van der Waals surface area (Å²) < 4.78 is 13.1. The van der Waals surface area contributed by atoms with Gasteiger partial charge in [-0.15, -0.1) is 0 Å². The fourth-order valence-corrected chi connectivity index (χ4v) is 3.64. The molecule has 1 aromatic heterocycles. The molecule has 0 spiro atoms. The van der Waals surface area contributed by atoms with Crippen molar-refractivity contribution in [1.82, 2.24) is 9.97 Å². The molecule has 1 fully saturated rings. The van der Waals surface area contributed by atoms with Crippen molar-refractivity contribution in [1.29, 1.82) is 0 Å². The molecule has 1 aromatic carbocycles. The molecule has 4 rings (SSSR count). The summed E-state index contributed by atoms with van der Waals surface area (Å²) in [5.74, 6) is 0.950. The summed E-state index contributed by atoms with van der Waals surface area (Å²) in [6.45, 7) is 1.90. The Morgan fingerprint density at radius 2 is 2.00 bits per heavy atom. The molecule has 1 aliphatic carbocycles. The molecule has 1 atom stereocenters. The van der Waals surface area contributed by atoms with E-state index in [4.69, 9.17) is 11.6 Å². The van der Waals surface area contributed by atoms with Gasteiger partial charge < -0.3 is 4.90 Å². The Morgan fingerprint density at radius 1 is 1.18 bits per heavy atom. The van der Waals surface area contributed by atoms with Crippen LogP contribution in [0.2, 0.25) is 5.28 Å². The molecule has 0 amide bonds. The number of halogens is 2. The first-order valence-electron chi connectivity index (χ1n) is 7.61. The van der Waals surface area contributed by atoms with Gasteiger partial charge in [-0.2, -0.15) is 0 Å². The normalized spacial score (nSPS) is 20.5. The van der Waals surface area contributed by atoms with Gasteiger partial charge in [0.2, 0.25) is 5.28 Å². The summed E-state index contributed by atoms with van der Waals surface area (Å²) in [5.41, 5.74) is 3.30. The first-order chi connectivity index (χ1) is 10.7. The summed E-state index contributed by atoms with van der Waals surface area (Å²) in [6.07, 6.45) is 5.26. The van der Waals surface area contributed by atoms with Gasteiger partial charge in [0, 0.05) is 24.6 Å². The lowest BCUT2D eigenvalue weighted by Crippen LogP contribution is -2.21. The minimum atomic E-state index is -0.212. The molecule has 5 heteroatoms. The summed E-state index contributed by atoms with van der Waals surface area (Å²) >= 11 is 6.17. The third-order valence-corrected chi connectivity index (χ3v) is 4.70. The van der Waals surface area contributed by atoms with Gasteiger partial charge in [-0.05, 0) is 55.0 Å². The van der Waals surface area contributed by atoms with E-state index in [1.807, 2.05) is 12.1 Å². The van der Waals surface area contributed by atoms with E-state index in [9.17, 15) is 4.39 Å². The zero-order valence-electron chi connectivity index (χ0n) is 12.1. The van der Waals surface area contributed by atoms with Gasteiger partial charge in [0.15, 0.2) is 0 Å². The lowest BCUT2D eigenvalue weighted by molar-refractivity contribution is 0.625. The fraction of sp³-hybridized carbons (Fsp3) is 0.353. The van der Waals surface area contributed by atoms with Crippen LogP contribution in [-0.2, 0) is 6.42 Å². The quantitative estimate of drug-likeness (QED) is 0.790. The largest absolute Gasteiger partial charge is 0.356 e. The monoisotopic (exact) mass is 316 g/mol. The van der Waals surface area contributed by atoms with Crippen LogP contribution in [0.15, 0.2) is 24.3 Å². The van der Waals surface area contributed by atoms with E-state index in [-0.39, 0.29) is 11.7 Å². The average Bonchev–Trinajstić information content (AvgIpc) is 3.16. The second-order valence-electron chi connectivity index (χ2n) is 5.85. The van der Waals surface area contributed by atoms with Crippen LogP contribution in [0.3, 0.4) is 0 Å². The molecule has 0 saturated carbocycles. The Hall–Kier alpha value is -1.68. The van der Waals surface area contributed by atoms with Crippen LogP contribution < -0.4 is 4.90 Å². The van der Waals surface area contributed by atoms with Gasteiger partial charge in [-0.3, -0.25) is 0 Å². The summed E-state index contributed by atoms with van der Waals surface area (Å²) in [5, 5.41) is 0.301. The van der Waals surface area contributed by atoms with Crippen molar-refractivity contribution >= 4 is 17.4 Å². The Morgan fingerprint density at radius 3 is 2.73 bits per heavy atom. The van der Waals surface area contributed by atoms with Crippen LogP contribution >= 0.6 is 11.6 Å². The number of anilines is 1. The second kappa shape index (κ2) is 5.51. The lowest BCUT2D eigenvalue weighted by Gasteiger charge is -2.20. The van der Waals surface area contributed by atoms with Crippen molar-refractivity contribution in [2.75, 3.05) is 18.0 Å². The highest BCUT2D eigenvalue weighted by atomic mass is 35.5. The molecular formula is C17H16ClFN3. The minimum absolute atomic E-state index is 0.182. The second-order valence-corrected chi connectivity index (χ2v) is 6.18. The smallest absolute Gasteiger partial charge is 0.224 e. The molecular weight excluding hydrogens is 301 g/mol. The van der Waals surface area contributed by atoms with E-state index >= 15 is 0 Å². The molecule has 1 unspecified atom stereocenters. The maximum absolute atomic E-state index is 13.1. The predicted molar refractivity (Wildman–Crippen MR) is 84.7 cm³/mol. The predicted octanol–water partition coefficient (Wildman–Crippen LogP) is 3.76. The van der Waals surface area contributed by atoms with Crippen molar-refractivity contribution < 1.29 is 4.39 Å². The fourth-order valence-electron chi connectivity index (χ4n) is 3.47. The highest BCUT2D eigenvalue weighted by Gasteiger charge is 2.31. The molecule has 22 heavy (non-hydrogen) atoms. The Kier molecular flexibility index (Phi) is 3.49. The zero-order valence-corrected chi connectivity index (χ0v) is 12.9. The van der Waals surface area contributed by atoms with E-state index in [0.29, 0.717) is 5.28 Å². The Labute approximate surface area is 134 Å². The Bertz CT molecular complexity index is 696. The van der Waals surface area contributed by atoms with Crippen LogP contribution in [0.4, 0.5) is 10.2 Å². The molecule has 113 valence electrons. The molecule has 1 saturated heterocycles. The van der Waals surface area contributed by atoms with E-state index in [1.54, 1.807) is 0 Å². The van der Waals surface area contributed by atoms with E-state index in [2.05, 4.69) is 21.3 Å². The topological polar surface area (TPSA) is 29.0 Å². The van der Waals surface area contributed by atoms with Gasteiger partial charge in [0.25, 0.3) is 0 Å². The SMILES string of the molecule is Fc1ccc(C2CCc3c2nc(Cl)nc3N2C[CH]CC2)cc1. The van der Waals surface area contributed by atoms with Crippen LogP contribution in [0.25, 0.3) is 0 Å². The number of aromatic nitrogens is 2. The van der Waals surface area contributed by atoms with Gasteiger partial charge in [-0.1, -0.05) is 12.1 Å². The van der Waals surface area contributed by atoms with E-state index in [0.717, 1.165) is 49.4 Å². The van der Waals surface area contributed by atoms with Gasteiger partial charge in [0.05, 0.1) is 5.69 Å². The lowest BCUT2D eigenvalue weighted by atomic mass is 9.97. The number of rotatable bonds is 2. The van der Waals surface area contributed by atoms with Gasteiger partial charge in [0.1, 0.15) is 11.6 Å². The molecule has 1 aliphatic heterocycles. The highest BCUT2D eigenvalue weighted by Crippen LogP contribution is 2.41. The average molecular weight is 317 g/mol. The van der Waals surface area contributed by atoms with Crippen molar-refractivity contribution in [3.05, 3.63) is 58.6 Å². The number of benzene rings is 1.